The molecule has 3 rings (SSSR count). The van der Waals surface area contributed by atoms with Gasteiger partial charge in [-0.15, -0.1) is 0 Å². The van der Waals surface area contributed by atoms with Gasteiger partial charge in [0.25, 0.3) is 5.91 Å². The van der Waals surface area contributed by atoms with Gasteiger partial charge >= 0.3 is 0 Å². The number of nitrogens with one attached hydrogen (secondary N) is 1. The minimum Gasteiger partial charge on any atom is -0.347 e. The van der Waals surface area contributed by atoms with Gasteiger partial charge in [0.05, 0.1) is 6.04 Å². The molecule has 1 aliphatic heterocycles. The molecule has 0 aromatic heterocycles. The molecule has 2 aromatic carbocycles. The predicted octanol–water partition coefficient (Wildman–Crippen LogP) is 3.49. The van der Waals surface area contributed by atoms with Gasteiger partial charge in [0, 0.05) is 29.2 Å². The number of benzene rings is 2. The van der Waals surface area contributed by atoms with Crippen molar-refractivity contribution in [2.45, 2.75) is 26.3 Å². The maximum absolute atomic E-state index is 12.3. The first-order valence-corrected chi connectivity index (χ1v) is 8.26. The van der Waals surface area contributed by atoms with Crippen LogP contribution in [0.4, 0.5) is 5.69 Å². The van der Waals surface area contributed by atoms with Gasteiger partial charge in [0.1, 0.15) is 0 Å². The van der Waals surface area contributed by atoms with Gasteiger partial charge in [0.15, 0.2) is 0 Å². The summed E-state index contributed by atoms with van der Waals surface area (Å²) in [5.74, 6) is -0.188. The van der Waals surface area contributed by atoms with E-state index in [-0.39, 0.29) is 17.9 Å². The van der Waals surface area contributed by atoms with Crippen molar-refractivity contribution >= 4 is 29.1 Å². The number of carbonyl (C=O) groups excluding carboxylic acids is 2. The maximum atomic E-state index is 12.3. The van der Waals surface area contributed by atoms with Crippen molar-refractivity contribution in [3.8, 4) is 0 Å². The van der Waals surface area contributed by atoms with Crippen LogP contribution in [-0.2, 0) is 4.79 Å². The molecule has 124 valence electrons. The molecule has 2 amide bonds. The Kier molecular flexibility index (Phi) is 4.58. The number of nitrogens with zero attached hydrogens (tertiary/aromatic N) is 1. The second-order valence-corrected chi connectivity index (χ2v) is 6.59. The van der Waals surface area contributed by atoms with Crippen LogP contribution in [0.2, 0.25) is 5.02 Å². The van der Waals surface area contributed by atoms with E-state index in [1.807, 2.05) is 32.0 Å². The highest BCUT2D eigenvalue weighted by Gasteiger charge is 2.31. The van der Waals surface area contributed by atoms with Crippen LogP contribution in [0.15, 0.2) is 42.5 Å². The number of carbonyl (C=O) groups is 2. The van der Waals surface area contributed by atoms with Crippen molar-refractivity contribution in [2.75, 3.05) is 11.4 Å². The van der Waals surface area contributed by atoms with Crippen LogP contribution in [0.25, 0.3) is 0 Å². The second kappa shape index (κ2) is 6.65. The number of halogens is 1. The van der Waals surface area contributed by atoms with Gasteiger partial charge in [0.2, 0.25) is 5.91 Å². The molecule has 0 spiro atoms. The molecule has 0 saturated carbocycles. The van der Waals surface area contributed by atoms with Gasteiger partial charge in [-0.1, -0.05) is 23.7 Å². The van der Waals surface area contributed by atoms with E-state index in [0.29, 0.717) is 23.6 Å². The standard InChI is InChI=1S/C19H19ClN2O2/c1-12-6-7-17(8-13(12)2)22-11-16(10-18(22)23)21-19(24)14-4-3-5-15(20)9-14/h3-9,16H,10-11H2,1-2H3,(H,21,24). The molecule has 1 atom stereocenters. The van der Waals surface area contributed by atoms with Gasteiger partial charge in [-0.25, -0.2) is 0 Å². The van der Waals surface area contributed by atoms with E-state index in [1.54, 1.807) is 29.2 Å². The van der Waals surface area contributed by atoms with Crippen molar-refractivity contribution in [1.29, 1.82) is 0 Å². The number of anilines is 1. The molecule has 1 heterocycles. The Labute approximate surface area is 146 Å². The molecule has 0 radical (unpaired) electrons. The minimum absolute atomic E-state index is 0.0228. The summed E-state index contributed by atoms with van der Waals surface area (Å²) in [6.45, 7) is 4.55. The van der Waals surface area contributed by atoms with Gasteiger partial charge in [-0.2, -0.15) is 0 Å². The Morgan fingerprint density at radius 3 is 2.67 bits per heavy atom. The van der Waals surface area contributed by atoms with Crippen LogP contribution in [0.1, 0.15) is 27.9 Å². The van der Waals surface area contributed by atoms with E-state index in [1.165, 1.54) is 5.56 Å². The van der Waals surface area contributed by atoms with Crippen LogP contribution in [0.5, 0.6) is 0 Å². The lowest BCUT2D eigenvalue weighted by Crippen LogP contribution is -2.37. The van der Waals surface area contributed by atoms with Gasteiger partial charge in [-0.05, 0) is 55.3 Å². The number of amides is 2. The molecule has 1 aliphatic rings. The molecule has 1 unspecified atom stereocenters. The third-order valence-corrected chi connectivity index (χ3v) is 4.58. The number of rotatable bonds is 3. The molecule has 24 heavy (non-hydrogen) atoms. The smallest absolute Gasteiger partial charge is 0.251 e. The molecule has 0 bridgehead atoms. The minimum atomic E-state index is -0.211. The zero-order valence-electron chi connectivity index (χ0n) is 13.7. The summed E-state index contributed by atoms with van der Waals surface area (Å²) in [6.07, 6.45) is 0.305. The van der Waals surface area contributed by atoms with Crippen molar-refractivity contribution in [1.82, 2.24) is 5.32 Å². The van der Waals surface area contributed by atoms with E-state index >= 15 is 0 Å². The van der Waals surface area contributed by atoms with Crippen LogP contribution in [0.3, 0.4) is 0 Å². The molecular weight excluding hydrogens is 324 g/mol. The molecule has 1 N–H and O–H groups in total. The first-order chi connectivity index (χ1) is 11.4. The zero-order valence-corrected chi connectivity index (χ0v) is 14.4. The van der Waals surface area contributed by atoms with Crippen molar-refractivity contribution in [3.05, 3.63) is 64.2 Å². The van der Waals surface area contributed by atoms with E-state index in [4.69, 9.17) is 11.6 Å². The molecule has 4 nitrogen and oxygen atoms in total. The average Bonchev–Trinajstić information content (AvgIpc) is 2.90. The Morgan fingerprint density at radius 1 is 1.17 bits per heavy atom. The van der Waals surface area contributed by atoms with E-state index in [2.05, 4.69) is 5.32 Å². The van der Waals surface area contributed by atoms with E-state index in [9.17, 15) is 9.59 Å². The average molecular weight is 343 g/mol. The summed E-state index contributed by atoms with van der Waals surface area (Å²) < 4.78 is 0. The van der Waals surface area contributed by atoms with E-state index < -0.39 is 0 Å². The Bertz CT molecular complexity index is 804. The lowest BCUT2D eigenvalue weighted by Gasteiger charge is -2.18. The van der Waals surface area contributed by atoms with Gasteiger partial charge in [-0.3, -0.25) is 9.59 Å². The normalized spacial score (nSPS) is 17.2. The monoisotopic (exact) mass is 342 g/mol. The maximum Gasteiger partial charge on any atom is 0.251 e. The summed E-state index contributed by atoms with van der Waals surface area (Å²) in [4.78, 5) is 26.3. The highest BCUT2D eigenvalue weighted by molar-refractivity contribution is 6.30. The largest absolute Gasteiger partial charge is 0.347 e. The first kappa shape index (κ1) is 16.5. The van der Waals surface area contributed by atoms with Crippen molar-refractivity contribution in [3.63, 3.8) is 0 Å². The van der Waals surface area contributed by atoms with Crippen molar-refractivity contribution < 1.29 is 9.59 Å². The fourth-order valence-electron chi connectivity index (χ4n) is 2.85. The summed E-state index contributed by atoms with van der Waals surface area (Å²) in [5, 5.41) is 3.43. The van der Waals surface area contributed by atoms with Crippen molar-refractivity contribution in [2.24, 2.45) is 0 Å². The van der Waals surface area contributed by atoms with Crippen LogP contribution in [-0.4, -0.2) is 24.4 Å². The Balaban J connectivity index is 1.70. The number of hydrogen-bond donors (Lipinski definition) is 1. The zero-order chi connectivity index (χ0) is 17.3. The lowest BCUT2D eigenvalue weighted by atomic mass is 10.1. The lowest BCUT2D eigenvalue weighted by molar-refractivity contribution is -0.117. The fourth-order valence-corrected chi connectivity index (χ4v) is 3.04. The van der Waals surface area contributed by atoms with Crippen LogP contribution in [0, 0.1) is 13.8 Å². The number of hydrogen-bond acceptors (Lipinski definition) is 2. The molecule has 5 heteroatoms. The van der Waals surface area contributed by atoms with Crippen LogP contribution < -0.4 is 10.2 Å². The fraction of sp³-hybridized carbons (Fsp3) is 0.263. The summed E-state index contributed by atoms with van der Waals surface area (Å²) in [6, 6.07) is 12.5. The Hall–Kier alpha value is -2.33. The highest BCUT2D eigenvalue weighted by Crippen LogP contribution is 2.24. The molecule has 1 fully saturated rings. The SMILES string of the molecule is Cc1ccc(N2CC(NC(=O)c3cccc(Cl)c3)CC2=O)cc1C. The Morgan fingerprint density at radius 2 is 1.96 bits per heavy atom. The quantitative estimate of drug-likeness (QED) is 0.928. The number of aryl methyl sites for hydroxylation is 2. The second-order valence-electron chi connectivity index (χ2n) is 6.16. The summed E-state index contributed by atoms with van der Waals surface area (Å²) >= 11 is 5.92. The molecular formula is C19H19ClN2O2. The predicted molar refractivity (Wildman–Crippen MR) is 95.6 cm³/mol. The molecule has 2 aromatic rings. The molecule has 0 aliphatic carbocycles. The third-order valence-electron chi connectivity index (χ3n) is 4.35. The summed E-state index contributed by atoms with van der Waals surface area (Å²) in [7, 11) is 0. The highest BCUT2D eigenvalue weighted by atomic mass is 35.5. The topological polar surface area (TPSA) is 49.4 Å². The van der Waals surface area contributed by atoms with E-state index in [0.717, 1.165) is 11.3 Å². The van der Waals surface area contributed by atoms with Gasteiger partial charge < -0.3 is 10.2 Å². The third kappa shape index (κ3) is 3.44. The summed E-state index contributed by atoms with van der Waals surface area (Å²) in [5.41, 5.74) is 3.71. The van der Waals surface area contributed by atoms with Crippen LogP contribution >= 0.6 is 11.6 Å². The molecule has 1 saturated heterocycles. The first-order valence-electron chi connectivity index (χ1n) is 7.88.